The predicted molar refractivity (Wildman–Crippen MR) is 70.6 cm³/mol. The predicted octanol–water partition coefficient (Wildman–Crippen LogP) is 0.0291. The Kier molecular flexibility index (Phi) is 4.84. The van der Waals surface area contributed by atoms with E-state index in [2.05, 4.69) is 5.32 Å². The average Bonchev–Trinajstić information content (AvgIpc) is 2.31. The molecule has 0 radical (unpaired) electrons. The summed E-state index contributed by atoms with van der Waals surface area (Å²) in [5.41, 5.74) is 5.66. The Morgan fingerprint density at radius 3 is 2.63 bits per heavy atom. The number of hydrogen-bond acceptors (Lipinski definition) is 4. The number of nitrogens with one attached hydrogen (secondary N) is 1. The molecule has 0 spiro atoms. The third-order valence-electron chi connectivity index (χ3n) is 2.46. The number of anilines is 1. The van der Waals surface area contributed by atoms with Gasteiger partial charge in [-0.05, 0) is 18.2 Å². The molecule has 1 rings (SSSR count). The van der Waals surface area contributed by atoms with Crippen LogP contribution in [-0.4, -0.2) is 45.0 Å². The number of amides is 1. The van der Waals surface area contributed by atoms with Gasteiger partial charge in [-0.25, -0.2) is 17.1 Å². The molecule has 106 valence electrons. The van der Waals surface area contributed by atoms with Crippen molar-refractivity contribution in [1.29, 1.82) is 0 Å². The highest BCUT2D eigenvalue weighted by molar-refractivity contribution is 7.89. The number of nitrogens with zero attached hydrogens (tertiary/aromatic N) is 1. The number of carbonyl (C=O) groups is 1. The fourth-order valence-electron chi connectivity index (χ4n) is 1.30. The van der Waals surface area contributed by atoms with Gasteiger partial charge in [-0.15, -0.1) is 0 Å². The molecule has 0 saturated carbocycles. The first kappa shape index (κ1) is 15.4. The summed E-state index contributed by atoms with van der Waals surface area (Å²) in [6.07, 6.45) is 0. The number of rotatable bonds is 5. The van der Waals surface area contributed by atoms with E-state index in [1.807, 2.05) is 0 Å². The van der Waals surface area contributed by atoms with Gasteiger partial charge < -0.3 is 11.1 Å². The molecule has 0 aromatic heterocycles. The molecular formula is C11H16FN3O3S. The molecule has 0 atom stereocenters. The van der Waals surface area contributed by atoms with Gasteiger partial charge in [0, 0.05) is 26.3 Å². The van der Waals surface area contributed by atoms with E-state index in [1.54, 1.807) is 0 Å². The molecule has 0 heterocycles. The fourth-order valence-corrected chi connectivity index (χ4v) is 2.02. The minimum Gasteiger partial charge on any atom is -0.398 e. The van der Waals surface area contributed by atoms with Crippen molar-refractivity contribution in [3.8, 4) is 0 Å². The van der Waals surface area contributed by atoms with Crippen molar-refractivity contribution < 1.29 is 17.6 Å². The molecule has 1 aromatic rings. The van der Waals surface area contributed by atoms with Crippen LogP contribution in [0.25, 0.3) is 0 Å². The van der Waals surface area contributed by atoms with Crippen LogP contribution in [0.1, 0.15) is 10.4 Å². The number of nitrogen functional groups attached to an aromatic ring is 1. The molecule has 8 heteroatoms. The molecule has 19 heavy (non-hydrogen) atoms. The second-order valence-electron chi connectivity index (χ2n) is 4.09. The molecular weight excluding hydrogens is 273 g/mol. The lowest BCUT2D eigenvalue weighted by atomic mass is 10.1. The second-order valence-corrected chi connectivity index (χ2v) is 6.39. The maximum Gasteiger partial charge on any atom is 0.253 e. The Morgan fingerprint density at radius 1 is 1.42 bits per heavy atom. The monoisotopic (exact) mass is 289 g/mol. The molecule has 6 nitrogen and oxygen atoms in total. The summed E-state index contributed by atoms with van der Waals surface area (Å²) in [7, 11) is -0.572. The Bertz CT molecular complexity index is 573. The summed E-state index contributed by atoms with van der Waals surface area (Å²) < 4.78 is 37.0. The second kappa shape index (κ2) is 5.98. The van der Waals surface area contributed by atoms with Crippen LogP contribution in [0.3, 0.4) is 0 Å². The molecule has 0 aliphatic rings. The Balaban J connectivity index is 2.64. The zero-order chi connectivity index (χ0) is 14.6. The van der Waals surface area contributed by atoms with Crippen molar-refractivity contribution in [1.82, 2.24) is 9.62 Å². The standard InChI is InChI=1S/C11H16FN3O3S/c1-15(2)19(17,18)6-5-14-11(16)9-7-8(12)3-4-10(9)13/h3-4,7H,5-6,13H2,1-2H3,(H,14,16). The number of sulfonamides is 1. The maximum atomic E-state index is 13.0. The molecule has 1 aromatic carbocycles. The number of nitrogens with two attached hydrogens (primary N) is 1. The van der Waals surface area contributed by atoms with Crippen molar-refractivity contribution in [2.45, 2.75) is 0 Å². The quantitative estimate of drug-likeness (QED) is 0.748. The first-order chi connectivity index (χ1) is 8.74. The van der Waals surface area contributed by atoms with Gasteiger partial charge in [0.25, 0.3) is 5.91 Å². The minimum atomic E-state index is -3.38. The first-order valence-corrected chi connectivity index (χ1v) is 7.08. The largest absolute Gasteiger partial charge is 0.398 e. The molecule has 3 N–H and O–H groups in total. The smallest absolute Gasteiger partial charge is 0.253 e. The normalized spacial score (nSPS) is 11.6. The van der Waals surface area contributed by atoms with Gasteiger partial charge in [-0.1, -0.05) is 0 Å². The zero-order valence-corrected chi connectivity index (χ0v) is 11.5. The number of benzene rings is 1. The zero-order valence-electron chi connectivity index (χ0n) is 10.7. The number of halogens is 1. The number of hydrogen-bond donors (Lipinski definition) is 2. The van der Waals surface area contributed by atoms with Gasteiger partial charge >= 0.3 is 0 Å². The van der Waals surface area contributed by atoms with Gasteiger partial charge in [-0.3, -0.25) is 4.79 Å². The van der Waals surface area contributed by atoms with Crippen LogP contribution in [-0.2, 0) is 10.0 Å². The summed E-state index contributed by atoms with van der Waals surface area (Å²) in [4.78, 5) is 11.7. The van der Waals surface area contributed by atoms with E-state index < -0.39 is 21.7 Å². The Morgan fingerprint density at radius 2 is 2.05 bits per heavy atom. The van der Waals surface area contributed by atoms with E-state index >= 15 is 0 Å². The van der Waals surface area contributed by atoms with Crippen molar-refractivity contribution in [3.05, 3.63) is 29.6 Å². The summed E-state index contributed by atoms with van der Waals surface area (Å²) in [5, 5.41) is 2.39. The van der Waals surface area contributed by atoms with Crippen LogP contribution in [0.15, 0.2) is 18.2 Å². The molecule has 1 amide bonds. The van der Waals surface area contributed by atoms with E-state index in [9.17, 15) is 17.6 Å². The summed E-state index contributed by atoms with van der Waals surface area (Å²) >= 11 is 0. The number of carbonyl (C=O) groups excluding carboxylic acids is 1. The van der Waals surface area contributed by atoms with Crippen LogP contribution in [0, 0.1) is 5.82 Å². The highest BCUT2D eigenvalue weighted by atomic mass is 32.2. The van der Waals surface area contributed by atoms with Crippen molar-refractivity contribution in [3.63, 3.8) is 0 Å². The lowest BCUT2D eigenvalue weighted by molar-refractivity contribution is 0.0956. The van der Waals surface area contributed by atoms with Crippen molar-refractivity contribution >= 4 is 21.6 Å². The lowest BCUT2D eigenvalue weighted by Crippen LogP contribution is -2.34. The molecule has 0 unspecified atom stereocenters. The summed E-state index contributed by atoms with van der Waals surface area (Å²) in [6, 6.07) is 3.43. The van der Waals surface area contributed by atoms with Crippen LogP contribution in [0.5, 0.6) is 0 Å². The van der Waals surface area contributed by atoms with Crippen molar-refractivity contribution in [2.75, 3.05) is 32.1 Å². The molecule has 0 aliphatic carbocycles. The van der Waals surface area contributed by atoms with Gasteiger partial charge in [0.1, 0.15) is 5.82 Å². The minimum absolute atomic E-state index is 0.0118. The van der Waals surface area contributed by atoms with Gasteiger partial charge in [0.05, 0.1) is 11.3 Å². The first-order valence-electron chi connectivity index (χ1n) is 5.47. The van der Waals surface area contributed by atoms with Gasteiger partial charge in [0.2, 0.25) is 10.0 Å². The van der Waals surface area contributed by atoms with Crippen LogP contribution < -0.4 is 11.1 Å². The SMILES string of the molecule is CN(C)S(=O)(=O)CCNC(=O)c1cc(F)ccc1N. The highest BCUT2D eigenvalue weighted by Crippen LogP contribution is 2.12. The lowest BCUT2D eigenvalue weighted by Gasteiger charge is -2.12. The van der Waals surface area contributed by atoms with E-state index in [0.29, 0.717) is 0 Å². The molecule has 0 saturated heterocycles. The molecule has 0 bridgehead atoms. The molecule has 0 aliphatic heterocycles. The van der Waals surface area contributed by atoms with Crippen LogP contribution in [0.2, 0.25) is 0 Å². The third-order valence-corrected chi connectivity index (χ3v) is 4.29. The van der Waals surface area contributed by atoms with E-state index in [1.165, 1.54) is 20.2 Å². The topological polar surface area (TPSA) is 92.5 Å². The summed E-state index contributed by atoms with van der Waals surface area (Å²) in [6.45, 7) is -0.0741. The van der Waals surface area contributed by atoms with Gasteiger partial charge in [0.15, 0.2) is 0 Å². The Hall–Kier alpha value is -1.67. The van der Waals surface area contributed by atoms with E-state index in [4.69, 9.17) is 5.73 Å². The average molecular weight is 289 g/mol. The van der Waals surface area contributed by atoms with Gasteiger partial charge in [-0.2, -0.15) is 0 Å². The third kappa shape index (κ3) is 4.18. The van der Waals surface area contributed by atoms with E-state index in [0.717, 1.165) is 16.4 Å². The van der Waals surface area contributed by atoms with Crippen LogP contribution in [0.4, 0.5) is 10.1 Å². The highest BCUT2D eigenvalue weighted by Gasteiger charge is 2.15. The summed E-state index contributed by atoms with van der Waals surface area (Å²) in [5.74, 6) is -1.42. The Labute approximate surface area is 111 Å². The van der Waals surface area contributed by atoms with Crippen molar-refractivity contribution in [2.24, 2.45) is 0 Å². The fraction of sp³-hybridized carbons (Fsp3) is 0.364. The maximum absolute atomic E-state index is 13.0. The molecule has 0 fully saturated rings. The van der Waals surface area contributed by atoms with Crippen LogP contribution >= 0.6 is 0 Å². The van der Waals surface area contributed by atoms with E-state index in [-0.39, 0.29) is 23.5 Å².